The van der Waals surface area contributed by atoms with Gasteiger partial charge in [-0.15, -0.1) is 0 Å². The third kappa shape index (κ3) is 3.42. The fourth-order valence-corrected chi connectivity index (χ4v) is 3.50. The van der Waals surface area contributed by atoms with Crippen LogP contribution in [0.4, 0.5) is 5.69 Å². The summed E-state index contributed by atoms with van der Waals surface area (Å²) in [6.07, 6.45) is 3.96. The molecule has 1 atom stereocenters. The van der Waals surface area contributed by atoms with Crippen molar-refractivity contribution in [1.82, 2.24) is 14.9 Å². The van der Waals surface area contributed by atoms with Gasteiger partial charge >= 0.3 is 0 Å². The van der Waals surface area contributed by atoms with E-state index < -0.39 is 0 Å². The number of benzene rings is 1. The van der Waals surface area contributed by atoms with Crippen LogP contribution in [0.3, 0.4) is 0 Å². The molecule has 1 aliphatic rings. The van der Waals surface area contributed by atoms with E-state index in [9.17, 15) is 10.1 Å². The number of likely N-dealkylation sites (tertiary alicyclic amines) is 1. The van der Waals surface area contributed by atoms with Gasteiger partial charge in [0.1, 0.15) is 11.8 Å². The first-order chi connectivity index (χ1) is 13.2. The first kappa shape index (κ1) is 17.3. The van der Waals surface area contributed by atoms with Gasteiger partial charge in [-0.25, -0.2) is 0 Å². The molecule has 0 bridgehead atoms. The van der Waals surface area contributed by atoms with E-state index in [1.165, 1.54) is 0 Å². The van der Waals surface area contributed by atoms with Crippen LogP contribution >= 0.6 is 11.6 Å². The number of pyridine rings is 2. The smallest absolute Gasteiger partial charge is 0.272 e. The number of aromatic nitrogens is 2. The van der Waals surface area contributed by atoms with Gasteiger partial charge in [0.05, 0.1) is 16.8 Å². The monoisotopic (exact) mass is 377 g/mol. The van der Waals surface area contributed by atoms with Crippen molar-refractivity contribution in [2.24, 2.45) is 0 Å². The Labute approximate surface area is 161 Å². The third-order valence-electron chi connectivity index (χ3n) is 4.66. The number of amides is 1. The van der Waals surface area contributed by atoms with Crippen LogP contribution in [0.15, 0.2) is 48.8 Å². The summed E-state index contributed by atoms with van der Waals surface area (Å²) in [4.78, 5) is 22.8. The topological polar surface area (TPSA) is 81.9 Å². The third-order valence-corrected chi connectivity index (χ3v) is 4.89. The molecule has 1 aliphatic heterocycles. The second-order valence-corrected chi connectivity index (χ2v) is 6.85. The standard InChI is InChI=1S/C20H16ClN5O/c21-14-4-5-17-16(9-14)19(13(10-22)11-24-17)25-15-6-8-26(12-15)20(27)18-3-1-2-7-23-18/h1-5,7,9,11,15H,6,8,12H2,(H,24,25). The molecule has 1 N–H and O–H groups in total. The highest BCUT2D eigenvalue weighted by atomic mass is 35.5. The summed E-state index contributed by atoms with van der Waals surface area (Å²) in [5, 5.41) is 14.3. The van der Waals surface area contributed by atoms with Gasteiger partial charge in [-0.05, 0) is 36.8 Å². The van der Waals surface area contributed by atoms with Crippen LogP contribution in [0.25, 0.3) is 10.9 Å². The van der Waals surface area contributed by atoms with Crippen LogP contribution in [-0.2, 0) is 0 Å². The lowest BCUT2D eigenvalue weighted by Gasteiger charge is -2.19. The highest BCUT2D eigenvalue weighted by Gasteiger charge is 2.28. The molecule has 1 amide bonds. The van der Waals surface area contributed by atoms with Crippen molar-refractivity contribution in [2.75, 3.05) is 18.4 Å². The Balaban J connectivity index is 1.58. The van der Waals surface area contributed by atoms with E-state index in [-0.39, 0.29) is 11.9 Å². The first-order valence-electron chi connectivity index (χ1n) is 8.61. The molecule has 1 aromatic carbocycles. The molecule has 3 aromatic rings. The van der Waals surface area contributed by atoms with Crippen molar-refractivity contribution in [3.05, 3.63) is 65.1 Å². The maximum absolute atomic E-state index is 12.6. The van der Waals surface area contributed by atoms with Gasteiger partial charge in [0.2, 0.25) is 0 Å². The summed E-state index contributed by atoms with van der Waals surface area (Å²) in [6.45, 7) is 1.18. The Kier molecular flexibility index (Phi) is 4.61. The minimum Gasteiger partial charge on any atom is -0.379 e. The van der Waals surface area contributed by atoms with Gasteiger partial charge < -0.3 is 10.2 Å². The van der Waals surface area contributed by atoms with Crippen LogP contribution in [0.5, 0.6) is 0 Å². The minimum atomic E-state index is -0.0805. The number of hydrogen-bond acceptors (Lipinski definition) is 5. The molecule has 4 rings (SSSR count). The van der Waals surface area contributed by atoms with Gasteiger partial charge in [-0.3, -0.25) is 14.8 Å². The number of nitrogens with one attached hydrogen (secondary N) is 1. The Bertz CT molecular complexity index is 1050. The molecule has 134 valence electrons. The quantitative estimate of drug-likeness (QED) is 0.755. The van der Waals surface area contributed by atoms with Gasteiger partial charge in [0.25, 0.3) is 5.91 Å². The van der Waals surface area contributed by atoms with E-state index >= 15 is 0 Å². The van der Waals surface area contributed by atoms with Crippen LogP contribution in [-0.4, -0.2) is 39.9 Å². The van der Waals surface area contributed by atoms with Gasteiger partial charge in [0, 0.05) is 41.9 Å². The number of carbonyl (C=O) groups excluding carboxylic acids is 1. The molecular formula is C20H16ClN5O. The number of nitriles is 1. The van der Waals surface area contributed by atoms with E-state index in [0.29, 0.717) is 35.1 Å². The van der Waals surface area contributed by atoms with E-state index in [0.717, 1.165) is 17.3 Å². The van der Waals surface area contributed by atoms with Gasteiger partial charge in [-0.2, -0.15) is 5.26 Å². The summed E-state index contributed by atoms with van der Waals surface area (Å²) in [6, 6.07) is 12.9. The predicted molar refractivity (Wildman–Crippen MR) is 104 cm³/mol. The van der Waals surface area contributed by atoms with Crippen LogP contribution in [0.2, 0.25) is 5.02 Å². The van der Waals surface area contributed by atoms with E-state index in [2.05, 4.69) is 21.4 Å². The first-order valence-corrected chi connectivity index (χ1v) is 8.98. The molecular weight excluding hydrogens is 362 g/mol. The number of halogens is 1. The molecule has 0 aliphatic carbocycles. The maximum Gasteiger partial charge on any atom is 0.272 e. The maximum atomic E-state index is 12.6. The molecule has 1 saturated heterocycles. The zero-order valence-electron chi connectivity index (χ0n) is 14.4. The molecule has 2 aromatic heterocycles. The number of fused-ring (bicyclic) bond motifs is 1. The van der Waals surface area contributed by atoms with Crippen LogP contribution in [0, 0.1) is 11.3 Å². The molecule has 0 saturated carbocycles. The number of hydrogen-bond donors (Lipinski definition) is 1. The lowest BCUT2D eigenvalue weighted by molar-refractivity contribution is 0.0786. The van der Waals surface area contributed by atoms with Crippen molar-refractivity contribution in [3.8, 4) is 6.07 Å². The Morgan fingerprint density at radius 2 is 2.19 bits per heavy atom. The number of anilines is 1. The summed E-state index contributed by atoms with van der Waals surface area (Å²) < 4.78 is 0. The van der Waals surface area contributed by atoms with E-state index in [4.69, 9.17) is 11.6 Å². The summed E-state index contributed by atoms with van der Waals surface area (Å²) in [5.74, 6) is -0.0805. The molecule has 0 spiro atoms. The number of nitrogens with zero attached hydrogens (tertiary/aromatic N) is 4. The fraction of sp³-hybridized carbons (Fsp3) is 0.200. The summed E-state index contributed by atoms with van der Waals surface area (Å²) in [5.41, 5.74) is 2.37. The molecule has 6 nitrogen and oxygen atoms in total. The van der Waals surface area contributed by atoms with Crippen molar-refractivity contribution < 1.29 is 4.79 Å². The Morgan fingerprint density at radius 1 is 1.30 bits per heavy atom. The van der Waals surface area contributed by atoms with Gasteiger partial charge in [0.15, 0.2) is 0 Å². The summed E-state index contributed by atoms with van der Waals surface area (Å²) in [7, 11) is 0. The van der Waals surface area contributed by atoms with Crippen LogP contribution in [0.1, 0.15) is 22.5 Å². The number of carbonyl (C=O) groups is 1. The highest BCUT2D eigenvalue weighted by molar-refractivity contribution is 6.31. The zero-order chi connectivity index (χ0) is 18.8. The fourth-order valence-electron chi connectivity index (χ4n) is 3.32. The lowest BCUT2D eigenvalue weighted by Crippen LogP contribution is -2.32. The number of rotatable bonds is 3. The van der Waals surface area contributed by atoms with Crippen LogP contribution < -0.4 is 5.32 Å². The molecule has 27 heavy (non-hydrogen) atoms. The average molecular weight is 378 g/mol. The highest BCUT2D eigenvalue weighted by Crippen LogP contribution is 2.30. The minimum absolute atomic E-state index is 0.0364. The lowest BCUT2D eigenvalue weighted by atomic mass is 10.1. The van der Waals surface area contributed by atoms with E-state index in [1.54, 1.807) is 47.6 Å². The average Bonchev–Trinajstić information content (AvgIpc) is 3.17. The Morgan fingerprint density at radius 3 is 2.96 bits per heavy atom. The Hall–Kier alpha value is -3.17. The van der Waals surface area contributed by atoms with Crippen molar-refractivity contribution in [2.45, 2.75) is 12.5 Å². The molecule has 1 unspecified atom stereocenters. The van der Waals surface area contributed by atoms with Crippen molar-refractivity contribution in [1.29, 1.82) is 5.26 Å². The van der Waals surface area contributed by atoms with Crippen molar-refractivity contribution >= 4 is 34.1 Å². The molecule has 3 heterocycles. The molecule has 1 fully saturated rings. The second-order valence-electron chi connectivity index (χ2n) is 6.42. The largest absolute Gasteiger partial charge is 0.379 e. The second kappa shape index (κ2) is 7.22. The molecule has 7 heteroatoms. The normalized spacial score (nSPS) is 16.3. The SMILES string of the molecule is N#Cc1cnc2ccc(Cl)cc2c1NC1CCN(C(=O)c2ccccn2)C1. The van der Waals surface area contributed by atoms with Gasteiger partial charge in [-0.1, -0.05) is 17.7 Å². The zero-order valence-corrected chi connectivity index (χ0v) is 15.1. The molecule has 0 radical (unpaired) electrons. The predicted octanol–water partition coefficient (Wildman–Crippen LogP) is 3.48. The summed E-state index contributed by atoms with van der Waals surface area (Å²) >= 11 is 6.14. The van der Waals surface area contributed by atoms with E-state index in [1.807, 2.05) is 6.07 Å². The van der Waals surface area contributed by atoms with Crippen molar-refractivity contribution in [3.63, 3.8) is 0 Å².